The number of hydrogen-bond donors (Lipinski definition) is 2. The second-order valence-corrected chi connectivity index (χ2v) is 5.05. The molecule has 1 aromatic rings. The minimum absolute atomic E-state index is 0. The van der Waals surface area contributed by atoms with Crippen molar-refractivity contribution in [3.63, 3.8) is 0 Å². The summed E-state index contributed by atoms with van der Waals surface area (Å²) in [6.45, 7) is 4.48. The lowest BCUT2D eigenvalue weighted by Crippen LogP contribution is -2.43. The molecule has 0 radical (unpaired) electrons. The Balaban J connectivity index is 0.00000147. The highest BCUT2D eigenvalue weighted by Crippen LogP contribution is 2.22. The Labute approximate surface area is 135 Å². The van der Waals surface area contributed by atoms with E-state index in [4.69, 9.17) is 0 Å². The van der Waals surface area contributed by atoms with Gasteiger partial charge >= 0.3 is 0 Å². The van der Waals surface area contributed by atoms with Crippen LogP contribution in [0.2, 0.25) is 0 Å². The number of β-lactam (4-membered cyclic amide) rings is 1. The van der Waals surface area contributed by atoms with Crippen LogP contribution in [0.3, 0.4) is 0 Å². The van der Waals surface area contributed by atoms with Crippen LogP contribution in [0.15, 0.2) is 29.3 Å². The third kappa shape index (κ3) is 3.23. The van der Waals surface area contributed by atoms with E-state index in [9.17, 15) is 4.79 Å². The third-order valence-electron chi connectivity index (χ3n) is 3.44. The molecule has 1 saturated heterocycles. The van der Waals surface area contributed by atoms with Crippen molar-refractivity contribution in [1.82, 2.24) is 10.6 Å². The summed E-state index contributed by atoms with van der Waals surface area (Å²) in [6, 6.07) is 8.49. The van der Waals surface area contributed by atoms with Gasteiger partial charge in [0.15, 0.2) is 5.96 Å². The van der Waals surface area contributed by atoms with E-state index in [1.54, 1.807) is 0 Å². The maximum atomic E-state index is 11.4. The Bertz CT molecular complexity index is 532. The number of benzene rings is 1. The topological polar surface area (TPSA) is 56.7 Å². The van der Waals surface area contributed by atoms with E-state index in [0.717, 1.165) is 30.3 Å². The molecule has 1 unspecified atom stereocenters. The molecule has 2 heterocycles. The van der Waals surface area contributed by atoms with Crippen molar-refractivity contribution < 1.29 is 4.79 Å². The van der Waals surface area contributed by atoms with Crippen LogP contribution >= 0.6 is 24.0 Å². The first-order valence-corrected chi connectivity index (χ1v) is 6.66. The molecule has 2 N–H and O–H groups in total. The van der Waals surface area contributed by atoms with E-state index in [2.05, 4.69) is 34.7 Å². The zero-order valence-corrected chi connectivity index (χ0v) is 13.8. The van der Waals surface area contributed by atoms with Gasteiger partial charge in [-0.05, 0) is 24.6 Å². The maximum absolute atomic E-state index is 11.4. The number of guanidine groups is 1. The molecule has 6 heteroatoms. The van der Waals surface area contributed by atoms with E-state index < -0.39 is 0 Å². The zero-order chi connectivity index (χ0) is 13.2. The van der Waals surface area contributed by atoms with Gasteiger partial charge in [-0.1, -0.05) is 12.1 Å². The molecule has 0 bridgehead atoms. The van der Waals surface area contributed by atoms with Crippen LogP contribution in [0.4, 0.5) is 5.69 Å². The molecule has 1 atom stereocenters. The molecule has 0 spiro atoms. The van der Waals surface area contributed by atoms with Crippen molar-refractivity contribution >= 4 is 41.5 Å². The van der Waals surface area contributed by atoms with Gasteiger partial charge in [0.05, 0.1) is 6.54 Å². The lowest BCUT2D eigenvalue weighted by Gasteiger charge is -2.30. The number of nitrogens with zero attached hydrogens (tertiary/aromatic N) is 2. The molecule has 2 aliphatic rings. The van der Waals surface area contributed by atoms with Gasteiger partial charge in [-0.15, -0.1) is 24.0 Å². The number of halogens is 1. The van der Waals surface area contributed by atoms with Gasteiger partial charge in [0.1, 0.15) is 0 Å². The molecule has 1 fully saturated rings. The molecule has 1 aromatic carbocycles. The zero-order valence-electron chi connectivity index (χ0n) is 11.4. The smallest absolute Gasteiger partial charge is 0.228 e. The minimum Gasteiger partial charge on any atom is -0.352 e. The standard InChI is InChI=1S/C14H18N4O.HI/c1-10-8-15-14(17-10)16-9-11-3-2-4-12(7-11)18-6-5-13(18)19;/h2-4,7,10H,5-6,8-9H2,1H3,(H2,15,16,17);1H. The Morgan fingerprint density at radius 2 is 2.35 bits per heavy atom. The van der Waals surface area contributed by atoms with Crippen LogP contribution < -0.4 is 15.5 Å². The number of aliphatic imine (C=N–C) groups is 1. The summed E-state index contributed by atoms with van der Waals surface area (Å²) in [5, 5.41) is 6.54. The van der Waals surface area contributed by atoms with E-state index in [0.29, 0.717) is 19.0 Å². The van der Waals surface area contributed by atoms with Crippen molar-refractivity contribution in [2.45, 2.75) is 25.9 Å². The molecule has 1 amide bonds. The number of anilines is 1. The molecule has 0 aromatic heterocycles. The van der Waals surface area contributed by atoms with Crippen molar-refractivity contribution in [3.8, 4) is 0 Å². The van der Waals surface area contributed by atoms with E-state index in [1.807, 2.05) is 17.0 Å². The van der Waals surface area contributed by atoms with E-state index in [1.165, 1.54) is 0 Å². The summed E-state index contributed by atoms with van der Waals surface area (Å²) in [5.74, 6) is 1.07. The highest BCUT2D eigenvalue weighted by atomic mass is 127. The minimum atomic E-state index is 0. The van der Waals surface area contributed by atoms with E-state index in [-0.39, 0.29) is 29.9 Å². The Kier molecular flexibility index (Phi) is 4.85. The Morgan fingerprint density at radius 1 is 1.50 bits per heavy atom. The number of nitrogens with one attached hydrogen (secondary N) is 2. The molecule has 20 heavy (non-hydrogen) atoms. The fourth-order valence-electron chi connectivity index (χ4n) is 2.27. The normalized spacial score (nSPS) is 20.6. The quantitative estimate of drug-likeness (QED) is 0.611. The molecule has 108 valence electrons. The van der Waals surface area contributed by atoms with Gasteiger partial charge in [-0.2, -0.15) is 0 Å². The van der Waals surface area contributed by atoms with Crippen LogP contribution in [0.1, 0.15) is 18.9 Å². The van der Waals surface area contributed by atoms with Crippen LogP contribution in [0.5, 0.6) is 0 Å². The van der Waals surface area contributed by atoms with E-state index >= 15 is 0 Å². The number of carbonyl (C=O) groups excluding carboxylic acids is 1. The molecule has 0 aliphatic carbocycles. The summed E-state index contributed by atoms with van der Waals surface area (Å²) < 4.78 is 0. The summed E-state index contributed by atoms with van der Waals surface area (Å²) in [4.78, 5) is 17.6. The summed E-state index contributed by atoms with van der Waals surface area (Å²) in [5.41, 5.74) is 2.14. The van der Waals surface area contributed by atoms with Gasteiger partial charge in [0.2, 0.25) is 5.91 Å². The molecule has 0 saturated carbocycles. The maximum Gasteiger partial charge on any atom is 0.228 e. The predicted octanol–water partition coefficient (Wildman–Crippen LogP) is 1.48. The van der Waals surface area contributed by atoms with Gasteiger partial charge in [-0.3, -0.25) is 9.79 Å². The largest absolute Gasteiger partial charge is 0.352 e. The van der Waals surface area contributed by atoms with Gasteiger partial charge in [0, 0.05) is 31.2 Å². The lowest BCUT2D eigenvalue weighted by molar-refractivity contribution is -0.122. The Hall–Kier alpha value is -1.31. The predicted molar refractivity (Wildman–Crippen MR) is 90.6 cm³/mol. The second kappa shape index (κ2) is 6.43. The number of amides is 1. The van der Waals surface area contributed by atoms with Gasteiger partial charge in [-0.25, -0.2) is 0 Å². The van der Waals surface area contributed by atoms with Crippen molar-refractivity contribution in [3.05, 3.63) is 29.8 Å². The molecule has 2 aliphatic heterocycles. The van der Waals surface area contributed by atoms with Crippen LogP contribution in [0, 0.1) is 0 Å². The average molecular weight is 386 g/mol. The number of rotatable bonds is 3. The molecule has 3 rings (SSSR count). The fourth-order valence-corrected chi connectivity index (χ4v) is 2.27. The van der Waals surface area contributed by atoms with Crippen LogP contribution in [0.25, 0.3) is 0 Å². The first-order chi connectivity index (χ1) is 9.22. The molecule has 5 nitrogen and oxygen atoms in total. The fraction of sp³-hybridized carbons (Fsp3) is 0.429. The lowest BCUT2D eigenvalue weighted by atomic mass is 10.1. The highest BCUT2D eigenvalue weighted by molar-refractivity contribution is 14.0. The van der Waals surface area contributed by atoms with Crippen LogP contribution in [-0.4, -0.2) is 31.0 Å². The third-order valence-corrected chi connectivity index (χ3v) is 3.44. The van der Waals surface area contributed by atoms with Crippen molar-refractivity contribution in [1.29, 1.82) is 0 Å². The van der Waals surface area contributed by atoms with Gasteiger partial charge < -0.3 is 15.5 Å². The second-order valence-electron chi connectivity index (χ2n) is 5.05. The van der Waals surface area contributed by atoms with Crippen molar-refractivity contribution in [2.75, 3.05) is 18.0 Å². The number of carbonyl (C=O) groups is 1. The number of hydrogen-bond acceptors (Lipinski definition) is 4. The molecular formula is C14H19IN4O. The first-order valence-electron chi connectivity index (χ1n) is 6.66. The summed E-state index contributed by atoms with van der Waals surface area (Å²) in [7, 11) is 0. The Morgan fingerprint density at radius 3 is 2.95 bits per heavy atom. The SMILES string of the molecule is CC1CN=C(NCc2cccc(N3CCC3=O)c2)N1.I. The summed E-state index contributed by atoms with van der Waals surface area (Å²) in [6.07, 6.45) is 0.668. The van der Waals surface area contributed by atoms with Gasteiger partial charge in [0.25, 0.3) is 0 Å². The van der Waals surface area contributed by atoms with Crippen LogP contribution in [-0.2, 0) is 11.3 Å². The van der Waals surface area contributed by atoms with Crippen molar-refractivity contribution in [2.24, 2.45) is 4.99 Å². The molecular weight excluding hydrogens is 367 g/mol. The monoisotopic (exact) mass is 386 g/mol. The summed E-state index contributed by atoms with van der Waals surface area (Å²) >= 11 is 0. The highest BCUT2D eigenvalue weighted by Gasteiger charge is 2.25. The first kappa shape index (κ1) is 15.1. The average Bonchev–Trinajstić information content (AvgIpc) is 2.81.